The normalized spacial score (nSPS) is 11.0. The Bertz CT molecular complexity index is 777. The van der Waals surface area contributed by atoms with Crippen molar-refractivity contribution in [1.29, 1.82) is 0 Å². The van der Waals surface area contributed by atoms with Crippen molar-refractivity contribution in [2.75, 3.05) is 11.1 Å². The van der Waals surface area contributed by atoms with Crippen LogP contribution in [0.4, 0.5) is 11.4 Å². The molecule has 1 aromatic carbocycles. The second-order valence-corrected chi connectivity index (χ2v) is 6.15. The minimum Gasteiger partial charge on any atom is -0.398 e. The Balaban J connectivity index is 1.94. The quantitative estimate of drug-likeness (QED) is 0.703. The van der Waals surface area contributed by atoms with Crippen LogP contribution in [0.5, 0.6) is 0 Å². The molecule has 3 nitrogen and oxygen atoms in total. The zero-order valence-electron chi connectivity index (χ0n) is 12.3. The highest BCUT2D eigenvalue weighted by molar-refractivity contribution is 7.10. The van der Waals surface area contributed by atoms with E-state index in [1.54, 1.807) is 11.3 Å². The average molecular weight is 297 g/mol. The summed E-state index contributed by atoms with van der Waals surface area (Å²) in [7, 11) is 0. The Morgan fingerprint density at radius 3 is 2.90 bits per heavy atom. The fraction of sp³-hybridized carbons (Fsp3) is 0.235. The number of hydrogen-bond acceptors (Lipinski definition) is 4. The van der Waals surface area contributed by atoms with Gasteiger partial charge in [0.25, 0.3) is 0 Å². The van der Waals surface area contributed by atoms with Crippen LogP contribution in [0.3, 0.4) is 0 Å². The Hall–Kier alpha value is -2.07. The number of rotatable bonds is 4. The lowest BCUT2D eigenvalue weighted by molar-refractivity contribution is 1.08. The molecule has 3 N–H and O–H groups in total. The predicted molar refractivity (Wildman–Crippen MR) is 91.9 cm³/mol. The van der Waals surface area contributed by atoms with Gasteiger partial charge >= 0.3 is 0 Å². The van der Waals surface area contributed by atoms with Crippen molar-refractivity contribution in [3.63, 3.8) is 0 Å². The van der Waals surface area contributed by atoms with Gasteiger partial charge in [0, 0.05) is 45.5 Å². The van der Waals surface area contributed by atoms with Gasteiger partial charge in [0.2, 0.25) is 0 Å². The third kappa shape index (κ3) is 2.72. The zero-order chi connectivity index (χ0) is 14.8. The average Bonchev–Trinajstić information content (AvgIpc) is 2.94. The smallest absolute Gasteiger partial charge is 0.0497 e. The molecule has 0 saturated heterocycles. The number of hydrogen-bond donors (Lipinski definition) is 2. The molecule has 108 valence electrons. The summed E-state index contributed by atoms with van der Waals surface area (Å²) in [5.41, 5.74) is 10.4. The topological polar surface area (TPSA) is 50.9 Å². The molecule has 4 heteroatoms. The number of nitrogen functional groups attached to an aromatic ring is 1. The lowest BCUT2D eigenvalue weighted by Crippen LogP contribution is -2.01. The van der Waals surface area contributed by atoms with Crippen LogP contribution in [0.15, 0.2) is 35.8 Å². The summed E-state index contributed by atoms with van der Waals surface area (Å²) in [6.07, 6.45) is 2.93. The Morgan fingerprint density at radius 1 is 1.24 bits per heavy atom. The van der Waals surface area contributed by atoms with Gasteiger partial charge in [-0.1, -0.05) is 6.92 Å². The van der Waals surface area contributed by atoms with E-state index in [0.717, 1.165) is 40.8 Å². The molecular formula is C17H19N3S. The van der Waals surface area contributed by atoms with Gasteiger partial charge in [-0.2, -0.15) is 0 Å². The number of nitrogens with two attached hydrogens (primary N) is 1. The third-order valence-electron chi connectivity index (χ3n) is 3.73. The van der Waals surface area contributed by atoms with E-state index >= 15 is 0 Å². The molecule has 0 saturated carbocycles. The van der Waals surface area contributed by atoms with Gasteiger partial charge in [-0.25, -0.2) is 0 Å². The number of nitrogens with one attached hydrogen (secondary N) is 1. The molecule has 3 aromatic rings. The maximum Gasteiger partial charge on any atom is 0.0497 e. The van der Waals surface area contributed by atoms with E-state index in [-0.39, 0.29) is 0 Å². The van der Waals surface area contributed by atoms with E-state index in [2.05, 4.69) is 40.8 Å². The first-order chi connectivity index (χ1) is 10.2. The first kappa shape index (κ1) is 13.9. The monoisotopic (exact) mass is 297 g/mol. The molecule has 0 amide bonds. The molecule has 0 radical (unpaired) electrons. The molecule has 0 atom stereocenters. The first-order valence-corrected chi connectivity index (χ1v) is 8.01. The van der Waals surface area contributed by atoms with Crippen LogP contribution >= 0.6 is 11.3 Å². The maximum atomic E-state index is 6.05. The second-order valence-electron chi connectivity index (χ2n) is 5.15. The molecule has 0 aliphatic heterocycles. The van der Waals surface area contributed by atoms with Crippen molar-refractivity contribution in [3.05, 3.63) is 52.0 Å². The van der Waals surface area contributed by atoms with Gasteiger partial charge in [-0.15, -0.1) is 11.3 Å². The highest BCUT2D eigenvalue weighted by Crippen LogP contribution is 2.29. The minimum absolute atomic E-state index is 0.772. The Kier molecular flexibility index (Phi) is 3.80. The van der Waals surface area contributed by atoms with Crippen molar-refractivity contribution in [3.8, 4) is 0 Å². The SMILES string of the molecule is CCc1ccsc1CNc1ccc(N)c2cnc(C)cc12. The summed E-state index contributed by atoms with van der Waals surface area (Å²) in [5.74, 6) is 0. The van der Waals surface area contributed by atoms with Crippen LogP contribution in [-0.2, 0) is 13.0 Å². The molecule has 0 aliphatic rings. The van der Waals surface area contributed by atoms with Crippen molar-refractivity contribution in [2.24, 2.45) is 0 Å². The number of anilines is 2. The molecule has 3 rings (SSSR count). The minimum atomic E-state index is 0.772. The highest BCUT2D eigenvalue weighted by Gasteiger charge is 2.07. The molecule has 0 bridgehead atoms. The third-order valence-corrected chi connectivity index (χ3v) is 4.69. The van der Waals surface area contributed by atoms with Crippen LogP contribution in [0, 0.1) is 6.92 Å². The van der Waals surface area contributed by atoms with Crippen molar-refractivity contribution in [1.82, 2.24) is 4.98 Å². The van der Waals surface area contributed by atoms with E-state index in [1.165, 1.54) is 10.4 Å². The Labute approximate surface area is 128 Å². The van der Waals surface area contributed by atoms with Crippen molar-refractivity contribution >= 4 is 33.5 Å². The number of fused-ring (bicyclic) bond motifs is 1. The number of aryl methyl sites for hydroxylation is 2. The predicted octanol–water partition coefficient (Wildman–Crippen LogP) is 4.36. The standard InChI is InChI=1S/C17H19N3S/c1-3-12-6-7-21-17(12)10-20-16-5-4-15(18)14-9-19-11(2)8-13(14)16/h4-9,20H,3,10,18H2,1-2H3. The van der Waals surface area contributed by atoms with Gasteiger partial charge in [-0.05, 0) is 48.6 Å². The molecule has 21 heavy (non-hydrogen) atoms. The van der Waals surface area contributed by atoms with Crippen molar-refractivity contribution in [2.45, 2.75) is 26.8 Å². The molecule has 0 unspecified atom stereocenters. The number of benzene rings is 1. The summed E-state index contributed by atoms with van der Waals surface area (Å²) in [6, 6.07) is 8.28. The fourth-order valence-electron chi connectivity index (χ4n) is 2.53. The number of nitrogens with zero attached hydrogens (tertiary/aromatic N) is 1. The van der Waals surface area contributed by atoms with Crippen LogP contribution < -0.4 is 11.1 Å². The summed E-state index contributed by atoms with van der Waals surface area (Å²) >= 11 is 1.81. The lowest BCUT2D eigenvalue weighted by Gasteiger charge is -2.12. The highest BCUT2D eigenvalue weighted by atomic mass is 32.1. The fourth-order valence-corrected chi connectivity index (χ4v) is 3.45. The van der Waals surface area contributed by atoms with E-state index < -0.39 is 0 Å². The van der Waals surface area contributed by atoms with Gasteiger partial charge in [-0.3, -0.25) is 4.98 Å². The van der Waals surface area contributed by atoms with E-state index in [9.17, 15) is 0 Å². The summed E-state index contributed by atoms with van der Waals surface area (Å²) in [6.45, 7) is 5.04. The van der Waals surface area contributed by atoms with Crippen LogP contribution in [0.2, 0.25) is 0 Å². The van der Waals surface area contributed by atoms with E-state index in [0.29, 0.717) is 0 Å². The maximum absolute atomic E-state index is 6.05. The van der Waals surface area contributed by atoms with Crippen LogP contribution in [0.25, 0.3) is 10.8 Å². The largest absolute Gasteiger partial charge is 0.398 e. The summed E-state index contributed by atoms with van der Waals surface area (Å²) < 4.78 is 0. The van der Waals surface area contributed by atoms with Gasteiger partial charge in [0.15, 0.2) is 0 Å². The van der Waals surface area contributed by atoms with E-state index in [1.807, 2.05) is 19.2 Å². The molecule has 0 aliphatic carbocycles. The number of thiophene rings is 1. The molecular weight excluding hydrogens is 278 g/mol. The van der Waals surface area contributed by atoms with Gasteiger partial charge in [0.1, 0.15) is 0 Å². The zero-order valence-corrected chi connectivity index (χ0v) is 13.1. The van der Waals surface area contributed by atoms with Gasteiger partial charge in [0.05, 0.1) is 0 Å². The lowest BCUT2D eigenvalue weighted by atomic mass is 10.1. The molecule has 0 fully saturated rings. The number of pyridine rings is 1. The summed E-state index contributed by atoms with van der Waals surface area (Å²) in [5, 5.41) is 7.85. The van der Waals surface area contributed by atoms with Crippen LogP contribution in [-0.4, -0.2) is 4.98 Å². The second kappa shape index (κ2) is 5.74. The van der Waals surface area contributed by atoms with Crippen LogP contribution in [0.1, 0.15) is 23.1 Å². The molecule has 0 spiro atoms. The van der Waals surface area contributed by atoms with Gasteiger partial charge < -0.3 is 11.1 Å². The number of aromatic nitrogens is 1. The Morgan fingerprint density at radius 2 is 2.10 bits per heavy atom. The first-order valence-electron chi connectivity index (χ1n) is 7.13. The summed E-state index contributed by atoms with van der Waals surface area (Å²) in [4.78, 5) is 5.74. The molecule has 2 aromatic heterocycles. The molecule has 2 heterocycles. The van der Waals surface area contributed by atoms with Crippen molar-refractivity contribution < 1.29 is 0 Å². The van der Waals surface area contributed by atoms with E-state index in [4.69, 9.17) is 5.73 Å².